The Morgan fingerprint density at radius 2 is 0.905 bits per heavy atom. The van der Waals surface area contributed by atoms with Crippen molar-refractivity contribution in [1.82, 2.24) is 0 Å². The van der Waals surface area contributed by atoms with Gasteiger partial charge in [-0.15, -0.1) is 0 Å². The zero-order valence-electron chi connectivity index (χ0n) is 38.3. The first kappa shape index (κ1) is 58.3. The van der Waals surface area contributed by atoms with Crippen molar-refractivity contribution < 1.29 is 63.1 Å². The predicted molar refractivity (Wildman–Crippen MR) is 249 cm³/mol. The average Bonchev–Trinajstić information content (AvgIpc) is 3.26. The van der Waals surface area contributed by atoms with Gasteiger partial charge < -0.3 is 39.9 Å². The summed E-state index contributed by atoms with van der Waals surface area (Å²) in [6.07, 6.45) is 35.2. The Morgan fingerprint density at radius 1 is 0.508 bits per heavy atom. The first-order chi connectivity index (χ1) is 30.4. The number of ether oxygens (including phenoxy) is 2. The van der Waals surface area contributed by atoms with E-state index in [1.807, 2.05) is 0 Å². The second-order valence-corrected chi connectivity index (χ2v) is 17.6. The highest BCUT2D eigenvalue weighted by molar-refractivity contribution is 7.47. The van der Waals surface area contributed by atoms with Gasteiger partial charge in [0.15, 0.2) is 6.10 Å². The lowest BCUT2D eigenvalue weighted by Crippen LogP contribution is -2.64. The van der Waals surface area contributed by atoms with Crippen LogP contribution in [-0.2, 0) is 32.7 Å². The van der Waals surface area contributed by atoms with Gasteiger partial charge in [-0.3, -0.25) is 18.6 Å². The summed E-state index contributed by atoms with van der Waals surface area (Å²) in [6.45, 7) is 3.13. The lowest BCUT2D eigenvalue weighted by molar-refractivity contribution is -0.220. The molecule has 63 heavy (non-hydrogen) atoms. The third-order valence-corrected chi connectivity index (χ3v) is 11.5. The highest BCUT2D eigenvalue weighted by atomic mass is 31.2. The number of unbranched alkanes of at least 4 members (excludes halogenated alkanes) is 14. The van der Waals surface area contributed by atoms with Crippen molar-refractivity contribution >= 4 is 19.8 Å². The summed E-state index contributed by atoms with van der Waals surface area (Å²) in [5, 5.41) is 50.2. The molecule has 1 aliphatic carbocycles. The van der Waals surface area contributed by atoms with E-state index in [1.54, 1.807) is 0 Å². The molecule has 0 heterocycles. The molecule has 0 saturated heterocycles. The van der Waals surface area contributed by atoms with Crippen LogP contribution >= 0.6 is 7.82 Å². The molecule has 6 N–H and O–H groups in total. The molecule has 0 aromatic rings. The fourth-order valence-corrected chi connectivity index (χ4v) is 7.69. The second kappa shape index (κ2) is 38.5. The summed E-state index contributed by atoms with van der Waals surface area (Å²) >= 11 is 0. The predicted octanol–water partition coefficient (Wildman–Crippen LogP) is 9.50. The van der Waals surface area contributed by atoms with Crippen molar-refractivity contribution in [3.63, 3.8) is 0 Å². The van der Waals surface area contributed by atoms with Crippen molar-refractivity contribution in [2.24, 2.45) is 0 Å². The van der Waals surface area contributed by atoms with Gasteiger partial charge in [0.2, 0.25) is 0 Å². The Bertz CT molecular complexity index is 1380. The number of hydrogen-bond acceptors (Lipinski definition) is 12. The topological polar surface area (TPSA) is 210 Å². The summed E-state index contributed by atoms with van der Waals surface area (Å²) in [6, 6.07) is 0. The van der Waals surface area contributed by atoms with E-state index >= 15 is 0 Å². The van der Waals surface area contributed by atoms with Gasteiger partial charge in [0.1, 0.15) is 43.2 Å². The lowest BCUT2D eigenvalue weighted by atomic mass is 9.85. The summed E-state index contributed by atoms with van der Waals surface area (Å²) in [4.78, 5) is 35.7. The van der Waals surface area contributed by atoms with Crippen LogP contribution < -0.4 is 0 Å². The molecular weight excluding hydrogens is 827 g/mol. The van der Waals surface area contributed by atoms with Gasteiger partial charge in [-0.25, -0.2) is 4.57 Å². The Kier molecular flexibility index (Phi) is 35.7. The number of rotatable bonds is 38. The molecule has 0 amide bonds. The molecule has 1 saturated carbocycles. The summed E-state index contributed by atoms with van der Waals surface area (Å²) in [7, 11) is -5.13. The van der Waals surface area contributed by atoms with E-state index in [0.717, 1.165) is 109 Å². The Balaban J connectivity index is 2.47. The van der Waals surface area contributed by atoms with E-state index in [9.17, 15) is 44.6 Å². The molecule has 0 aromatic carbocycles. The molecule has 6 unspecified atom stereocenters. The number of allylic oxidation sites excluding steroid dienone is 12. The van der Waals surface area contributed by atoms with Crippen LogP contribution in [0.3, 0.4) is 0 Å². The van der Waals surface area contributed by atoms with Crippen LogP contribution in [0.5, 0.6) is 0 Å². The SMILES string of the molecule is CCC=CCC=CCC=CCCCCCCCC(=O)OCC(COP(=O)(O)OC1C(O)C(O)C(O)C(O)C1O)OC(=O)CCCCCCCCC=CCC=CCC=CCCCCC. The summed E-state index contributed by atoms with van der Waals surface area (Å²) in [5.41, 5.74) is 0. The van der Waals surface area contributed by atoms with Gasteiger partial charge in [-0.05, 0) is 83.5 Å². The average molecular weight is 911 g/mol. The molecule has 0 spiro atoms. The normalized spacial score (nSPS) is 22.3. The minimum Gasteiger partial charge on any atom is -0.462 e. The molecule has 6 atom stereocenters. The van der Waals surface area contributed by atoms with Crippen molar-refractivity contribution in [1.29, 1.82) is 0 Å². The van der Waals surface area contributed by atoms with Gasteiger partial charge in [0, 0.05) is 12.8 Å². The number of phosphoric acid groups is 1. The number of carbonyl (C=O) groups is 2. The maximum Gasteiger partial charge on any atom is 0.472 e. The molecule has 14 heteroatoms. The van der Waals surface area contributed by atoms with E-state index < -0.39 is 75.7 Å². The highest BCUT2D eigenvalue weighted by Crippen LogP contribution is 2.47. The van der Waals surface area contributed by atoms with Crippen LogP contribution in [0.1, 0.15) is 168 Å². The van der Waals surface area contributed by atoms with E-state index in [4.69, 9.17) is 18.5 Å². The molecule has 1 rings (SSSR count). The molecule has 0 bridgehead atoms. The van der Waals surface area contributed by atoms with Crippen LogP contribution in [0.15, 0.2) is 72.9 Å². The first-order valence-corrected chi connectivity index (χ1v) is 25.2. The molecule has 0 aliphatic heterocycles. The van der Waals surface area contributed by atoms with Gasteiger partial charge in [-0.2, -0.15) is 0 Å². The number of aliphatic hydroxyl groups is 5. The monoisotopic (exact) mass is 911 g/mol. The van der Waals surface area contributed by atoms with Gasteiger partial charge in [0.05, 0.1) is 6.61 Å². The quantitative estimate of drug-likeness (QED) is 0.0148. The second-order valence-electron chi connectivity index (χ2n) is 16.2. The third-order valence-electron chi connectivity index (χ3n) is 10.5. The summed E-state index contributed by atoms with van der Waals surface area (Å²) < 4.78 is 33.5. The smallest absolute Gasteiger partial charge is 0.462 e. The molecular formula is C49H83O13P. The van der Waals surface area contributed by atoms with Crippen LogP contribution in [0.4, 0.5) is 0 Å². The Morgan fingerprint density at radius 3 is 1.38 bits per heavy atom. The maximum atomic E-state index is 12.8. The number of carbonyl (C=O) groups excluding carboxylic acids is 2. The number of aliphatic hydroxyl groups excluding tert-OH is 5. The van der Waals surface area contributed by atoms with Crippen molar-refractivity contribution in [3.05, 3.63) is 72.9 Å². The van der Waals surface area contributed by atoms with E-state index in [-0.39, 0.29) is 12.8 Å². The fourth-order valence-electron chi connectivity index (χ4n) is 6.72. The first-order valence-electron chi connectivity index (χ1n) is 23.7. The van der Waals surface area contributed by atoms with Crippen LogP contribution in [0, 0.1) is 0 Å². The number of esters is 2. The molecule has 13 nitrogen and oxygen atoms in total. The minimum absolute atomic E-state index is 0.0744. The molecule has 0 aromatic heterocycles. The van der Waals surface area contributed by atoms with Gasteiger partial charge >= 0.3 is 19.8 Å². The van der Waals surface area contributed by atoms with Crippen LogP contribution in [-0.4, -0.2) is 98.3 Å². The van der Waals surface area contributed by atoms with Crippen molar-refractivity contribution in [3.8, 4) is 0 Å². The van der Waals surface area contributed by atoms with Crippen molar-refractivity contribution in [2.45, 2.75) is 211 Å². The van der Waals surface area contributed by atoms with E-state index in [1.165, 1.54) is 19.3 Å². The zero-order chi connectivity index (χ0) is 46.4. The lowest BCUT2D eigenvalue weighted by Gasteiger charge is -2.41. The molecule has 1 aliphatic rings. The highest BCUT2D eigenvalue weighted by Gasteiger charge is 2.51. The maximum absolute atomic E-state index is 12.8. The fraction of sp³-hybridized carbons (Fsp3) is 0.714. The molecule has 362 valence electrons. The zero-order valence-corrected chi connectivity index (χ0v) is 39.2. The van der Waals surface area contributed by atoms with Gasteiger partial charge in [0.25, 0.3) is 0 Å². The number of hydrogen-bond donors (Lipinski definition) is 6. The molecule has 1 fully saturated rings. The summed E-state index contributed by atoms with van der Waals surface area (Å²) in [5.74, 6) is -1.14. The molecule has 0 radical (unpaired) electrons. The number of phosphoric ester groups is 1. The Hall–Kier alpha value is -2.71. The van der Waals surface area contributed by atoms with Crippen molar-refractivity contribution in [2.75, 3.05) is 13.2 Å². The standard InChI is InChI=1S/C49H83O13P/c1-3-5-7-9-11-13-15-17-19-20-21-22-24-26-28-30-32-34-36-38-43(51)61-41(40-60-63(57,58)62-49-47(55)45(53)44(52)46(54)48(49)56)39-59-42(50)37-35-33-31-29-27-25-23-18-16-14-12-10-8-6-4-2/h6,8,11-14,17-19,21-23,41,44-49,52-56H,3-5,7,9-10,15-16,20,24-40H2,1-2H3,(H,57,58). The van der Waals surface area contributed by atoms with E-state index in [0.29, 0.717) is 12.8 Å². The van der Waals surface area contributed by atoms with E-state index in [2.05, 4.69) is 86.8 Å². The minimum atomic E-state index is -5.13. The van der Waals surface area contributed by atoms with Crippen LogP contribution in [0.25, 0.3) is 0 Å². The van der Waals surface area contributed by atoms with Crippen LogP contribution in [0.2, 0.25) is 0 Å². The Labute approximate surface area is 378 Å². The largest absolute Gasteiger partial charge is 0.472 e. The van der Waals surface area contributed by atoms with Gasteiger partial charge in [-0.1, -0.05) is 145 Å². The third kappa shape index (κ3) is 31.0.